The van der Waals surface area contributed by atoms with Gasteiger partial charge in [0.15, 0.2) is 6.04 Å². The van der Waals surface area contributed by atoms with Gasteiger partial charge in [-0.05, 0) is 38.1 Å². The molecule has 3 nitrogen and oxygen atoms in total. The number of nitrogens with two attached hydrogens (primary N) is 1. The maximum absolute atomic E-state index is 12.2. The molecule has 1 amide bonds. The molecular weight excluding hydrogens is 284 g/mol. The Bertz CT molecular complexity index is 601. The second kappa shape index (κ2) is 7.25. The summed E-state index contributed by atoms with van der Waals surface area (Å²) in [4.78, 5) is 12.2. The molecule has 0 aromatic heterocycles. The minimum Gasteiger partial charge on any atom is -0.330 e. The highest BCUT2D eigenvalue weighted by Crippen LogP contribution is 2.15. The van der Waals surface area contributed by atoms with Crippen LogP contribution in [0.3, 0.4) is 0 Å². The third kappa shape index (κ3) is 4.59. The summed E-state index contributed by atoms with van der Waals surface area (Å²) in [6.45, 7) is 3.97. The predicted octanol–water partition coefficient (Wildman–Crippen LogP) is 2.99. The van der Waals surface area contributed by atoms with Crippen LogP contribution in [0.25, 0.3) is 0 Å². The highest BCUT2D eigenvalue weighted by molar-refractivity contribution is 6.30. The van der Waals surface area contributed by atoms with Gasteiger partial charge in [-0.3, -0.25) is 4.79 Å². The molecule has 2 atom stereocenters. The van der Waals surface area contributed by atoms with Crippen LogP contribution < -0.4 is 10.6 Å². The smallest absolute Gasteiger partial charge is 0.282 e. The van der Waals surface area contributed by atoms with E-state index in [0.29, 0.717) is 5.02 Å². The Labute approximate surface area is 130 Å². The van der Waals surface area contributed by atoms with Crippen molar-refractivity contribution in [1.29, 1.82) is 0 Å². The van der Waals surface area contributed by atoms with Gasteiger partial charge in [0.05, 0.1) is 0 Å². The third-order valence-electron chi connectivity index (χ3n) is 3.41. The van der Waals surface area contributed by atoms with E-state index < -0.39 is 0 Å². The van der Waals surface area contributed by atoms with Crippen molar-refractivity contribution in [1.82, 2.24) is 0 Å². The van der Waals surface area contributed by atoms with Crippen LogP contribution in [0.2, 0.25) is 5.02 Å². The fraction of sp³-hybridized carbons (Fsp3) is 0.235. The molecule has 0 spiro atoms. The molecule has 3 N–H and O–H groups in total. The highest BCUT2D eigenvalue weighted by atomic mass is 35.5. The minimum absolute atomic E-state index is 0.00456. The van der Waals surface area contributed by atoms with Crippen molar-refractivity contribution in [2.24, 2.45) is 0 Å². The van der Waals surface area contributed by atoms with E-state index in [1.807, 2.05) is 66.8 Å². The lowest BCUT2D eigenvalue weighted by Crippen LogP contribution is -2.91. The van der Waals surface area contributed by atoms with Crippen LogP contribution in [-0.2, 0) is 4.79 Å². The van der Waals surface area contributed by atoms with Crippen LogP contribution in [0, 0.1) is 0 Å². The molecule has 2 aromatic rings. The molecule has 0 bridgehead atoms. The Morgan fingerprint density at radius 1 is 1.10 bits per heavy atom. The van der Waals surface area contributed by atoms with Gasteiger partial charge in [-0.1, -0.05) is 41.9 Å². The molecular formula is C17H20ClN2O+. The lowest BCUT2D eigenvalue weighted by Gasteiger charge is -2.17. The van der Waals surface area contributed by atoms with Crippen LogP contribution in [0.5, 0.6) is 0 Å². The normalized spacial score (nSPS) is 13.5. The van der Waals surface area contributed by atoms with E-state index in [9.17, 15) is 4.79 Å². The molecule has 0 saturated carbocycles. The number of carbonyl (C=O) groups is 1. The number of halogens is 1. The van der Waals surface area contributed by atoms with Crippen LogP contribution >= 0.6 is 11.6 Å². The maximum atomic E-state index is 12.2. The van der Waals surface area contributed by atoms with Gasteiger partial charge in [-0.15, -0.1) is 0 Å². The summed E-state index contributed by atoms with van der Waals surface area (Å²) in [7, 11) is 0. The first kappa shape index (κ1) is 15.5. The molecule has 4 heteroatoms. The molecule has 0 saturated heterocycles. The van der Waals surface area contributed by atoms with Crippen LogP contribution in [0.4, 0.5) is 5.69 Å². The van der Waals surface area contributed by atoms with E-state index in [2.05, 4.69) is 12.2 Å². The average Bonchev–Trinajstić information content (AvgIpc) is 2.48. The fourth-order valence-electron chi connectivity index (χ4n) is 2.20. The number of benzene rings is 2. The zero-order valence-electron chi connectivity index (χ0n) is 12.2. The lowest BCUT2D eigenvalue weighted by molar-refractivity contribution is -0.709. The van der Waals surface area contributed by atoms with Gasteiger partial charge in [0.2, 0.25) is 0 Å². The number of hydrogen-bond acceptors (Lipinski definition) is 1. The van der Waals surface area contributed by atoms with E-state index in [4.69, 9.17) is 11.6 Å². The van der Waals surface area contributed by atoms with E-state index >= 15 is 0 Å². The van der Waals surface area contributed by atoms with Crippen molar-refractivity contribution >= 4 is 23.2 Å². The Morgan fingerprint density at radius 2 is 1.81 bits per heavy atom. The molecule has 21 heavy (non-hydrogen) atoms. The minimum atomic E-state index is -0.181. The van der Waals surface area contributed by atoms with E-state index in [-0.39, 0.29) is 18.0 Å². The Hall–Kier alpha value is -1.84. The molecule has 0 aliphatic heterocycles. The number of hydrogen-bond donors (Lipinski definition) is 2. The first-order valence-corrected chi connectivity index (χ1v) is 7.40. The molecule has 2 aromatic carbocycles. The topological polar surface area (TPSA) is 45.7 Å². The standard InChI is InChI=1S/C17H19ClN2O/c1-12(14-7-6-8-15(18)11-14)19-13(2)17(21)20-16-9-4-3-5-10-16/h3-13,19H,1-2H3,(H,20,21)/p+1/t12-,13+/m1/s1. The molecule has 2 rings (SSSR count). The Kier molecular flexibility index (Phi) is 5.37. The third-order valence-corrected chi connectivity index (χ3v) is 3.64. The Morgan fingerprint density at radius 3 is 2.48 bits per heavy atom. The molecule has 110 valence electrons. The van der Waals surface area contributed by atoms with Crippen molar-refractivity contribution in [3.05, 3.63) is 65.2 Å². The van der Waals surface area contributed by atoms with Gasteiger partial charge >= 0.3 is 0 Å². The van der Waals surface area contributed by atoms with E-state index in [0.717, 1.165) is 11.3 Å². The summed E-state index contributed by atoms with van der Waals surface area (Å²) < 4.78 is 0. The Balaban J connectivity index is 1.94. The van der Waals surface area contributed by atoms with Crippen molar-refractivity contribution < 1.29 is 10.1 Å². The van der Waals surface area contributed by atoms with Gasteiger partial charge in [0, 0.05) is 16.3 Å². The SMILES string of the molecule is C[C@H]([NH2+][C@H](C)c1cccc(Cl)c1)C(=O)Nc1ccccc1. The average molecular weight is 304 g/mol. The monoisotopic (exact) mass is 303 g/mol. The summed E-state index contributed by atoms with van der Waals surface area (Å²) in [6, 6.07) is 17.2. The van der Waals surface area contributed by atoms with Crippen LogP contribution in [-0.4, -0.2) is 11.9 Å². The summed E-state index contributed by atoms with van der Waals surface area (Å²) in [6.07, 6.45) is 0. The first-order chi connectivity index (χ1) is 10.1. The van der Waals surface area contributed by atoms with Crippen molar-refractivity contribution in [3.63, 3.8) is 0 Å². The van der Waals surface area contributed by atoms with Crippen molar-refractivity contribution in [3.8, 4) is 0 Å². The number of para-hydroxylation sites is 1. The maximum Gasteiger partial charge on any atom is 0.282 e. The van der Waals surface area contributed by atoms with Gasteiger partial charge in [0.25, 0.3) is 5.91 Å². The zero-order valence-corrected chi connectivity index (χ0v) is 13.0. The number of amides is 1. The largest absolute Gasteiger partial charge is 0.330 e. The van der Waals surface area contributed by atoms with Gasteiger partial charge in [-0.25, -0.2) is 0 Å². The summed E-state index contributed by atoms with van der Waals surface area (Å²) in [5.74, 6) is -0.00456. The van der Waals surface area contributed by atoms with Gasteiger partial charge < -0.3 is 10.6 Å². The number of rotatable bonds is 5. The number of nitrogens with one attached hydrogen (secondary N) is 1. The molecule has 0 radical (unpaired) electrons. The highest BCUT2D eigenvalue weighted by Gasteiger charge is 2.20. The van der Waals surface area contributed by atoms with E-state index in [1.54, 1.807) is 0 Å². The quantitative estimate of drug-likeness (QED) is 0.876. The predicted molar refractivity (Wildman–Crippen MR) is 86.3 cm³/mol. The summed E-state index contributed by atoms with van der Waals surface area (Å²) >= 11 is 6.00. The molecule has 0 fully saturated rings. The zero-order chi connectivity index (χ0) is 15.2. The second-order valence-electron chi connectivity index (χ2n) is 5.18. The molecule has 0 unspecified atom stereocenters. The van der Waals surface area contributed by atoms with E-state index in [1.165, 1.54) is 0 Å². The fourth-order valence-corrected chi connectivity index (χ4v) is 2.40. The number of anilines is 1. The van der Waals surface area contributed by atoms with Gasteiger partial charge in [0.1, 0.15) is 6.04 Å². The second-order valence-corrected chi connectivity index (χ2v) is 5.62. The molecule has 0 heterocycles. The first-order valence-electron chi connectivity index (χ1n) is 7.02. The van der Waals surface area contributed by atoms with Crippen molar-refractivity contribution in [2.45, 2.75) is 25.9 Å². The molecule has 0 aliphatic rings. The number of quaternary nitrogens is 1. The van der Waals surface area contributed by atoms with Gasteiger partial charge in [-0.2, -0.15) is 0 Å². The van der Waals surface area contributed by atoms with Crippen LogP contribution in [0.1, 0.15) is 25.5 Å². The summed E-state index contributed by atoms with van der Waals surface area (Å²) in [5, 5.41) is 5.66. The summed E-state index contributed by atoms with van der Waals surface area (Å²) in [5.41, 5.74) is 1.93. The lowest BCUT2D eigenvalue weighted by atomic mass is 10.1. The molecule has 0 aliphatic carbocycles. The van der Waals surface area contributed by atoms with Crippen LogP contribution in [0.15, 0.2) is 54.6 Å². The number of carbonyl (C=O) groups excluding carboxylic acids is 1. The van der Waals surface area contributed by atoms with Crippen molar-refractivity contribution in [2.75, 3.05) is 5.32 Å².